The molecule has 0 N–H and O–H groups in total. The molecule has 0 radical (unpaired) electrons. The van der Waals surface area contributed by atoms with E-state index in [1.165, 1.54) is 0 Å². The molecule has 11 heteroatoms. The van der Waals surface area contributed by atoms with E-state index in [0.717, 1.165) is 0 Å². The van der Waals surface area contributed by atoms with E-state index in [1.54, 1.807) is 60.7 Å². The zero-order valence-corrected chi connectivity index (χ0v) is 18.3. The molecule has 0 aliphatic carbocycles. The van der Waals surface area contributed by atoms with E-state index >= 15 is 0 Å². The van der Waals surface area contributed by atoms with Crippen LogP contribution in [0.4, 0.5) is 26.3 Å². The molecule has 0 aliphatic rings. The molecule has 3 aromatic carbocycles. The molecular weight excluding hydrogens is 561 g/mol. The summed E-state index contributed by atoms with van der Waals surface area (Å²) in [7, 11) is -4.95. The van der Waals surface area contributed by atoms with Crippen molar-refractivity contribution in [3.05, 3.63) is 97.1 Å². The van der Waals surface area contributed by atoms with Gasteiger partial charge in [0.2, 0.25) is 0 Å². The molecule has 0 aromatic heterocycles. The van der Waals surface area contributed by atoms with Gasteiger partial charge in [0.1, 0.15) is 0 Å². The third-order valence-corrected chi connectivity index (χ3v) is 11.2. The number of benzene rings is 3. The summed E-state index contributed by atoms with van der Waals surface area (Å²) in [6.07, 6.45) is -10.4. The Morgan fingerprint density at radius 2 is 1.03 bits per heavy atom. The normalized spacial score (nSPS) is 13.2. The summed E-state index contributed by atoms with van der Waals surface area (Å²) >= 11 is -3.23. The standard InChI is InChI=1S/C20H13F6IO3S/c21-19(22,23)14-11-15(20(24,25)26)13-18(12-14)31(28,29)30-27(16-7-3-1-4-8-16)17-9-5-2-6-10-17/h1-13H. The zero-order chi connectivity index (χ0) is 22.9. The maximum atomic E-state index is 13.1. The maximum absolute atomic E-state index is 13.1. The molecule has 0 amide bonds. The zero-order valence-electron chi connectivity index (χ0n) is 15.3. The van der Waals surface area contributed by atoms with Crippen LogP contribution >= 0.6 is 20.2 Å². The first-order valence-corrected chi connectivity index (χ1v) is 12.9. The molecule has 3 aromatic rings. The van der Waals surface area contributed by atoms with E-state index in [1.807, 2.05) is 0 Å². The fourth-order valence-electron chi connectivity index (χ4n) is 2.45. The molecule has 0 saturated heterocycles. The summed E-state index contributed by atoms with van der Waals surface area (Å²) in [5.41, 5.74) is -3.46. The van der Waals surface area contributed by atoms with E-state index < -0.39 is 58.7 Å². The van der Waals surface area contributed by atoms with Crippen LogP contribution in [0.15, 0.2) is 83.8 Å². The molecule has 0 unspecified atom stereocenters. The van der Waals surface area contributed by atoms with Crippen molar-refractivity contribution in [3.63, 3.8) is 0 Å². The Hall–Kier alpha value is -2.12. The average molecular weight is 574 g/mol. The second-order valence-electron chi connectivity index (χ2n) is 6.10. The minimum atomic E-state index is -5.18. The summed E-state index contributed by atoms with van der Waals surface area (Å²) in [6.45, 7) is 0. The summed E-state index contributed by atoms with van der Waals surface area (Å²) < 4.78 is 111. The predicted octanol–water partition coefficient (Wildman–Crippen LogP) is 6.59. The Kier molecular flexibility index (Phi) is 6.67. The first-order valence-electron chi connectivity index (χ1n) is 8.42. The molecular formula is C20H13F6IO3S. The molecule has 3 nitrogen and oxygen atoms in total. The molecule has 0 atom stereocenters. The van der Waals surface area contributed by atoms with Gasteiger partial charge in [-0.3, -0.25) is 0 Å². The average Bonchev–Trinajstić information content (AvgIpc) is 2.72. The number of hydrogen-bond acceptors (Lipinski definition) is 3. The Morgan fingerprint density at radius 1 is 0.645 bits per heavy atom. The minimum absolute atomic E-state index is 0.135. The van der Waals surface area contributed by atoms with Crippen molar-refractivity contribution in [2.24, 2.45) is 0 Å². The van der Waals surface area contributed by atoms with Crippen LogP contribution in [0.1, 0.15) is 11.1 Å². The van der Waals surface area contributed by atoms with Gasteiger partial charge in [-0.25, -0.2) is 0 Å². The van der Waals surface area contributed by atoms with Crippen molar-refractivity contribution in [2.75, 3.05) is 0 Å². The first-order chi connectivity index (χ1) is 14.4. The molecule has 31 heavy (non-hydrogen) atoms. The van der Waals surface area contributed by atoms with Gasteiger partial charge < -0.3 is 0 Å². The van der Waals surface area contributed by atoms with Gasteiger partial charge in [-0.2, -0.15) is 0 Å². The molecule has 0 spiro atoms. The number of hydrogen-bond donors (Lipinski definition) is 0. The van der Waals surface area contributed by atoms with Crippen LogP contribution in [0.5, 0.6) is 0 Å². The van der Waals surface area contributed by atoms with Crippen LogP contribution in [0.3, 0.4) is 0 Å². The van der Waals surface area contributed by atoms with Crippen LogP contribution in [0.2, 0.25) is 0 Å². The third-order valence-electron chi connectivity index (χ3n) is 3.86. The van der Waals surface area contributed by atoms with Crippen molar-refractivity contribution in [1.29, 1.82) is 0 Å². The van der Waals surface area contributed by atoms with E-state index in [0.29, 0.717) is 7.14 Å². The van der Waals surface area contributed by atoms with Crippen molar-refractivity contribution in [2.45, 2.75) is 17.2 Å². The Balaban J connectivity index is 2.11. The van der Waals surface area contributed by atoms with Gasteiger partial charge in [0.25, 0.3) is 0 Å². The van der Waals surface area contributed by atoms with Crippen molar-refractivity contribution in [3.8, 4) is 0 Å². The van der Waals surface area contributed by atoms with Crippen LogP contribution in [-0.2, 0) is 25.0 Å². The van der Waals surface area contributed by atoms with Gasteiger partial charge in [0.15, 0.2) is 0 Å². The van der Waals surface area contributed by atoms with Gasteiger partial charge in [-0.1, -0.05) is 0 Å². The number of halogens is 7. The number of alkyl halides is 6. The van der Waals surface area contributed by atoms with Gasteiger partial charge >= 0.3 is 182 Å². The SMILES string of the molecule is O=S(=O)(OI(c1ccccc1)c1ccccc1)c1cc(C(F)(F)F)cc(C(F)(F)F)c1. The molecule has 0 saturated carbocycles. The molecule has 166 valence electrons. The Morgan fingerprint density at radius 3 is 1.39 bits per heavy atom. The van der Waals surface area contributed by atoms with Gasteiger partial charge in [-0.15, -0.1) is 0 Å². The van der Waals surface area contributed by atoms with E-state index in [2.05, 4.69) is 0 Å². The number of rotatable bonds is 5. The quantitative estimate of drug-likeness (QED) is 0.255. The molecule has 0 heterocycles. The van der Waals surface area contributed by atoms with Crippen LogP contribution in [0.25, 0.3) is 0 Å². The molecule has 0 aliphatic heterocycles. The summed E-state index contributed by atoms with van der Waals surface area (Å²) in [5.74, 6) is 0. The van der Waals surface area contributed by atoms with E-state index in [4.69, 9.17) is 2.51 Å². The Labute approximate surface area is 181 Å². The summed E-state index contributed by atoms with van der Waals surface area (Å²) in [4.78, 5) is -1.20. The predicted molar refractivity (Wildman–Crippen MR) is 109 cm³/mol. The first kappa shape index (κ1) is 23.5. The Bertz CT molecular complexity index is 1080. The van der Waals surface area contributed by atoms with E-state index in [-0.39, 0.29) is 18.2 Å². The molecule has 0 bridgehead atoms. The molecule has 0 fully saturated rings. The van der Waals surface area contributed by atoms with Gasteiger partial charge in [0.05, 0.1) is 0 Å². The van der Waals surface area contributed by atoms with Crippen LogP contribution < -0.4 is 0 Å². The van der Waals surface area contributed by atoms with Crippen molar-refractivity contribution < 1.29 is 37.3 Å². The van der Waals surface area contributed by atoms with Crippen LogP contribution in [-0.4, -0.2) is 8.42 Å². The molecule has 3 rings (SSSR count). The third kappa shape index (κ3) is 5.77. The van der Waals surface area contributed by atoms with Crippen molar-refractivity contribution in [1.82, 2.24) is 0 Å². The van der Waals surface area contributed by atoms with Gasteiger partial charge in [0, 0.05) is 0 Å². The summed E-state index contributed by atoms with van der Waals surface area (Å²) in [6, 6.07) is 16.4. The second-order valence-corrected chi connectivity index (χ2v) is 12.6. The van der Waals surface area contributed by atoms with Crippen LogP contribution in [0, 0.1) is 7.14 Å². The topological polar surface area (TPSA) is 43.4 Å². The van der Waals surface area contributed by atoms with Crippen molar-refractivity contribution >= 4 is 30.4 Å². The van der Waals surface area contributed by atoms with Gasteiger partial charge in [-0.05, 0) is 0 Å². The monoisotopic (exact) mass is 574 g/mol. The fraction of sp³-hybridized carbons (Fsp3) is 0.100. The fourth-order valence-corrected chi connectivity index (χ4v) is 9.52. The van der Waals surface area contributed by atoms with E-state index in [9.17, 15) is 34.8 Å². The second kappa shape index (κ2) is 8.79. The summed E-state index contributed by atoms with van der Waals surface area (Å²) in [5, 5.41) is 0.